The van der Waals surface area contributed by atoms with Crippen LogP contribution in [0.4, 0.5) is 0 Å². The summed E-state index contributed by atoms with van der Waals surface area (Å²) in [5, 5.41) is 0. The molecule has 2 aliphatic heterocycles. The van der Waals surface area contributed by atoms with Gasteiger partial charge in [0.1, 0.15) is 0 Å². The molecule has 4 heteroatoms. The lowest BCUT2D eigenvalue weighted by Crippen LogP contribution is -2.50. The molecule has 1 atom stereocenters. The van der Waals surface area contributed by atoms with Crippen LogP contribution in [0.5, 0.6) is 0 Å². The van der Waals surface area contributed by atoms with E-state index < -0.39 is 0 Å². The summed E-state index contributed by atoms with van der Waals surface area (Å²) < 4.78 is 11.8. The Morgan fingerprint density at radius 1 is 1.25 bits per heavy atom. The van der Waals surface area contributed by atoms with Crippen molar-refractivity contribution in [3.8, 4) is 0 Å². The Morgan fingerprint density at radius 3 is 2.79 bits per heavy atom. The van der Waals surface area contributed by atoms with E-state index in [1.165, 1.54) is 12.8 Å². The van der Waals surface area contributed by atoms with E-state index in [9.17, 15) is 4.79 Å². The van der Waals surface area contributed by atoms with Crippen molar-refractivity contribution >= 4 is 5.91 Å². The summed E-state index contributed by atoms with van der Waals surface area (Å²) in [6.45, 7) is 5.31. The minimum absolute atomic E-state index is 0.302. The normalized spacial score (nSPS) is 29.8. The summed E-state index contributed by atoms with van der Waals surface area (Å²) in [6.07, 6.45) is 11.4. The highest BCUT2D eigenvalue weighted by Crippen LogP contribution is 2.45. The standard InChI is InChI=1S/C20H31NO3/c22-19(17-3-1-2-4-17)21-10-7-20(8-11-21)9-12-23-14-18(20)15-24-13-16-5-6-16/h3,16,18H,1-2,4-15H2. The lowest BCUT2D eigenvalue weighted by molar-refractivity contribution is -0.135. The number of hydrogen-bond donors (Lipinski definition) is 0. The van der Waals surface area contributed by atoms with E-state index in [2.05, 4.69) is 11.0 Å². The number of carbonyl (C=O) groups excluding carboxylic acids is 1. The molecule has 1 saturated carbocycles. The van der Waals surface area contributed by atoms with E-state index in [0.29, 0.717) is 17.2 Å². The van der Waals surface area contributed by atoms with Crippen LogP contribution in [0.3, 0.4) is 0 Å². The maximum absolute atomic E-state index is 12.6. The van der Waals surface area contributed by atoms with Gasteiger partial charge < -0.3 is 14.4 Å². The van der Waals surface area contributed by atoms with Gasteiger partial charge in [0.2, 0.25) is 5.91 Å². The van der Waals surface area contributed by atoms with E-state index in [1.54, 1.807) is 0 Å². The third-order valence-electron chi connectivity index (χ3n) is 6.66. The van der Waals surface area contributed by atoms with E-state index in [-0.39, 0.29) is 0 Å². The predicted octanol–water partition coefficient (Wildman–Crippen LogP) is 3.17. The monoisotopic (exact) mass is 333 g/mol. The third-order valence-corrected chi connectivity index (χ3v) is 6.66. The number of likely N-dealkylation sites (tertiary alicyclic amines) is 1. The first-order valence-electron chi connectivity index (χ1n) is 9.91. The number of carbonyl (C=O) groups is 1. The molecule has 3 fully saturated rings. The Kier molecular flexibility index (Phi) is 4.95. The summed E-state index contributed by atoms with van der Waals surface area (Å²) in [5.41, 5.74) is 1.39. The molecular weight excluding hydrogens is 302 g/mol. The van der Waals surface area contributed by atoms with E-state index in [4.69, 9.17) is 9.47 Å². The summed E-state index contributed by atoms with van der Waals surface area (Å²) in [4.78, 5) is 14.7. The van der Waals surface area contributed by atoms with Crippen LogP contribution in [-0.2, 0) is 14.3 Å². The number of amides is 1. The zero-order valence-electron chi connectivity index (χ0n) is 14.8. The van der Waals surface area contributed by atoms with Crippen LogP contribution in [-0.4, -0.2) is 50.3 Å². The molecule has 0 aromatic carbocycles. The van der Waals surface area contributed by atoms with Crippen molar-refractivity contribution in [2.45, 2.75) is 51.4 Å². The van der Waals surface area contributed by atoms with Crippen LogP contribution in [0, 0.1) is 17.3 Å². The Labute approximate surface area is 145 Å². The number of allylic oxidation sites excluding steroid dienone is 1. The van der Waals surface area contributed by atoms with Crippen LogP contribution in [0.25, 0.3) is 0 Å². The lowest BCUT2D eigenvalue weighted by Gasteiger charge is -2.49. The van der Waals surface area contributed by atoms with E-state index in [1.807, 2.05) is 0 Å². The van der Waals surface area contributed by atoms with Gasteiger partial charge in [-0.05, 0) is 62.7 Å². The number of hydrogen-bond acceptors (Lipinski definition) is 3. The van der Waals surface area contributed by atoms with Crippen LogP contribution in [0.1, 0.15) is 51.4 Å². The van der Waals surface area contributed by atoms with Crippen molar-refractivity contribution in [3.63, 3.8) is 0 Å². The van der Waals surface area contributed by atoms with Crippen molar-refractivity contribution in [3.05, 3.63) is 11.6 Å². The lowest BCUT2D eigenvalue weighted by atomic mass is 9.66. The van der Waals surface area contributed by atoms with Gasteiger partial charge in [-0.25, -0.2) is 0 Å². The van der Waals surface area contributed by atoms with Gasteiger partial charge in [-0.3, -0.25) is 4.79 Å². The molecule has 0 aromatic heterocycles. The van der Waals surface area contributed by atoms with Crippen LogP contribution < -0.4 is 0 Å². The Balaban J connectivity index is 1.33. The first-order chi connectivity index (χ1) is 11.8. The molecule has 134 valence electrons. The minimum atomic E-state index is 0.302. The second kappa shape index (κ2) is 7.17. The number of rotatable bonds is 5. The van der Waals surface area contributed by atoms with Crippen LogP contribution in [0.2, 0.25) is 0 Å². The molecule has 0 aromatic rings. The molecule has 24 heavy (non-hydrogen) atoms. The zero-order chi connectivity index (χ0) is 16.4. The average molecular weight is 333 g/mol. The summed E-state index contributed by atoms with van der Waals surface area (Å²) in [6, 6.07) is 0. The van der Waals surface area contributed by atoms with Crippen molar-refractivity contribution in [2.75, 3.05) is 39.5 Å². The molecule has 2 saturated heterocycles. The van der Waals surface area contributed by atoms with Gasteiger partial charge in [0.05, 0.1) is 13.2 Å². The van der Waals surface area contributed by atoms with Crippen molar-refractivity contribution < 1.29 is 14.3 Å². The third kappa shape index (κ3) is 3.55. The van der Waals surface area contributed by atoms with Crippen molar-refractivity contribution in [1.29, 1.82) is 0 Å². The highest BCUT2D eigenvalue weighted by Gasteiger charge is 2.44. The van der Waals surface area contributed by atoms with Crippen molar-refractivity contribution in [2.24, 2.45) is 17.3 Å². The molecule has 1 amide bonds. The highest BCUT2D eigenvalue weighted by atomic mass is 16.5. The predicted molar refractivity (Wildman–Crippen MR) is 92.7 cm³/mol. The second-order valence-electron chi connectivity index (χ2n) is 8.28. The van der Waals surface area contributed by atoms with Gasteiger partial charge in [0, 0.05) is 37.8 Å². The second-order valence-corrected chi connectivity index (χ2v) is 8.28. The Morgan fingerprint density at radius 2 is 2.08 bits per heavy atom. The molecule has 1 spiro atoms. The van der Waals surface area contributed by atoms with Crippen LogP contribution >= 0.6 is 0 Å². The number of ether oxygens (including phenoxy) is 2. The summed E-state index contributed by atoms with van der Waals surface area (Å²) in [5.74, 6) is 1.63. The van der Waals surface area contributed by atoms with Crippen molar-refractivity contribution in [1.82, 2.24) is 4.90 Å². The van der Waals surface area contributed by atoms with Crippen LogP contribution in [0.15, 0.2) is 11.6 Å². The molecule has 0 bridgehead atoms. The molecule has 0 radical (unpaired) electrons. The Bertz CT molecular complexity index is 489. The maximum atomic E-state index is 12.6. The Hall–Kier alpha value is -0.870. The molecule has 2 heterocycles. The molecule has 0 N–H and O–H groups in total. The quantitative estimate of drug-likeness (QED) is 0.776. The van der Waals surface area contributed by atoms with E-state index >= 15 is 0 Å². The molecule has 2 aliphatic carbocycles. The molecule has 4 aliphatic rings. The topological polar surface area (TPSA) is 38.8 Å². The largest absolute Gasteiger partial charge is 0.381 e. The maximum Gasteiger partial charge on any atom is 0.249 e. The summed E-state index contributed by atoms with van der Waals surface area (Å²) >= 11 is 0. The highest BCUT2D eigenvalue weighted by molar-refractivity contribution is 5.93. The number of piperidine rings is 1. The molecule has 1 unspecified atom stereocenters. The zero-order valence-corrected chi connectivity index (χ0v) is 14.8. The first-order valence-corrected chi connectivity index (χ1v) is 9.91. The van der Waals surface area contributed by atoms with Gasteiger partial charge >= 0.3 is 0 Å². The van der Waals surface area contributed by atoms with E-state index in [0.717, 1.165) is 89.5 Å². The first kappa shape index (κ1) is 16.6. The minimum Gasteiger partial charge on any atom is -0.381 e. The van der Waals surface area contributed by atoms with Gasteiger partial charge in [-0.15, -0.1) is 0 Å². The fraction of sp³-hybridized carbons (Fsp3) is 0.850. The fourth-order valence-corrected chi connectivity index (χ4v) is 4.65. The van der Waals surface area contributed by atoms with Gasteiger partial charge in [0.15, 0.2) is 0 Å². The van der Waals surface area contributed by atoms with Gasteiger partial charge in [-0.1, -0.05) is 6.08 Å². The smallest absolute Gasteiger partial charge is 0.249 e. The summed E-state index contributed by atoms with van der Waals surface area (Å²) in [7, 11) is 0. The fourth-order valence-electron chi connectivity index (χ4n) is 4.65. The molecule has 4 nitrogen and oxygen atoms in total. The molecular formula is C20H31NO3. The van der Waals surface area contributed by atoms with Gasteiger partial charge in [-0.2, -0.15) is 0 Å². The average Bonchev–Trinajstić information content (AvgIpc) is 3.27. The number of nitrogens with zero attached hydrogens (tertiary/aromatic N) is 1. The molecule has 4 rings (SSSR count). The van der Waals surface area contributed by atoms with Gasteiger partial charge in [0.25, 0.3) is 0 Å². The SMILES string of the molecule is O=C(C1=CCCC1)N1CCC2(CCOCC2COCC2CC2)CC1.